The number of nitriles is 1. The van der Waals surface area contributed by atoms with Crippen molar-refractivity contribution >= 4 is 6.21 Å². The van der Waals surface area contributed by atoms with Crippen LogP contribution in [0.2, 0.25) is 0 Å². The van der Waals surface area contributed by atoms with Gasteiger partial charge in [-0.25, -0.2) is 0 Å². The molecule has 3 heteroatoms. The maximum atomic E-state index is 8.37. The van der Waals surface area contributed by atoms with Gasteiger partial charge >= 0.3 is 0 Å². The monoisotopic (exact) mass is 123 g/mol. The second-order valence-corrected chi connectivity index (χ2v) is 2.14. The highest BCUT2D eigenvalue weighted by Gasteiger charge is 2.10. The molecule has 0 radical (unpaired) electrons. The van der Waals surface area contributed by atoms with Gasteiger partial charge in [-0.3, -0.25) is 4.99 Å². The van der Waals surface area contributed by atoms with Crippen LogP contribution in [0.25, 0.3) is 0 Å². The minimum atomic E-state index is -0.166. The van der Waals surface area contributed by atoms with E-state index in [1.54, 1.807) is 6.21 Å². The molecular formula is C6H9N3. The summed E-state index contributed by atoms with van der Waals surface area (Å²) < 4.78 is 0. The molecule has 0 aromatic heterocycles. The van der Waals surface area contributed by atoms with Gasteiger partial charge in [-0.15, -0.1) is 0 Å². The van der Waals surface area contributed by atoms with Crippen LogP contribution in [0.3, 0.4) is 0 Å². The van der Waals surface area contributed by atoms with Crippen LogP contribution in [0.15, 0.2) is 4.99 Å². The van der Waals surface area contributed by atoms with Crippen molar-refractivity contribution in [2.45, 2.75) is 19.0 Å². The Bertz CT molecular complexity index is 156. The van der Waals surface area contributed by atoms with E-state index in [-0.39, 0.29) is 6.04 Å². The summed E-state index contributed by atoms with van der Waals surface area (Å²) in [6.07, 6.45) is 1.78. The van der Waals surface area contributed by atoms with Gasteiger partial charge in [-0.2, -0.15) is 5.26 Å². The molecule has 0 aromatic carbocycles. The van der Waals surface area contributed by atoms with E-state index in [1.807, 2.05) is 6.92 Å². The Morgan fingerprint density at radius 1 is 1.89 bits per heavy atom. The number of hydrogen-bond donors (Lipinski definition) is 1. The topological polar surface area (TPSA) is 48.2 Å². The third-order valence-electron chi connectivity index (χ3n) is 1.27. The third kappa shape index (κ3) is 1.51. The third-order valence-corrected chi connectivity index (χ3v) is 1.27. The van der Waals surface area contributed by atoms with Crippen LogP contribution < -0.4 is 5.32 Å². The Kier molecular flexibility index (Phi) is 1.81. The molecule has 1 heterocycles. The summed E-state index contributed by atoms with van der Waals surface area (Å²) in [4.78, 5) is 3.98. The Hall–Kier alpha value is -0.880. The molecule has 0 amide bonds. The summed E-state index contributed by atoms with van der Waals surface area (Å²) in [5.41, 5.74) is 0. The number of nitrogens with zero attached hydrogens (tertiary/aromatic N) is 2. The first kappa shape index (κ1) is 6.24. The molecule has 2 atom stereocenters. The fourth-order valence-corrected chi connectivity index (χ4v) is 0.715. The molecule has 0 aliphatic carbocycles. The van der Waals surface area contributed by atoms with Crippen LogP contribution in [0.5, 0.6) is 0 Å². The van der Waals surface area contributed by atoms with E-state index >= 15 is 0 Å². The van der Waals surface area contributed by atoms with Crippen LogP contribution >= 0.6 is 0 Å². The van der Waals surface area contributed by atoms with Gasteiger partial charge in [0.15, 0.2) is 0 Å². The Balaban J connectivity index is 2.50. The second-order valence-electron chi connectivity index (χ2n) is 2.14. The summed E-state index contributed by atoms with van der Waals surface area (Å²) in [5, 5.41) is 11.5. The molecule has 3 nitrogen and oxygen atoms in total. The number of nitrogens with one attached hydrogen (secondary N) is 1. The van der Waals surface area contributed by atoms with E-state index in [0.717, 1.165) is 0 Å². The van der Waals surface area contributed by atoms with Crippen LogP contribution in [0.1, 0.15) is 6.92 Å². The SMILES string of the molecule is CC1C=NC(C#N)CN1. The standard InChI is InChI=1S/C6H9N3/c1-5-3-9-6(2-7)4-8-5/h3,5-6,8H,4H2,1H3. The van der Waals surface area contributed by atoms with Gasteiger partial charge in [0, 0.05) is 18.8 Å². The highest BCUT2D eigenvalue weighted by molar-refractivity contribution is 5.65. The number of rotatable bonds is 0. The maximum Gasteiger partial charge on any atom is 0.148 e. The summed E-state index contributed by atoms with van der Waals surface area (Å²) >= 11 is 0. The first-order valence-corrected chi connectivity index (χ1v) is 2.99. The van der Waals surface area contributed by atoms with Crippen molar-refractivity contribution in [3.8, 4) is 6.07 Å². The average molecular weight is 123 g/mol. The predicted octanol–water partition coefficient (Wildman–Crippen LogP) is -0.0589. The minimum Gasteiger partial charge on any atom is -0.306 e. The largest absolute Gasteiger partial charge is 0.306 e. The van der Waals surface area contributed by atoms with Crippen molar-refractivity contribution in [2.24, 2.45) is 4.99 Å². The van der Waals surface area contributed by atoms with Gasteiger partial charge in [0.1, 0.15) is 6.04 Å². The highest BCUT2D eigenvalue weighted by Crippen LogP contribution is 1.93. The van der Waals surface area contributed by atoms with E-state index in [9.17, 15) is 0 Å². The van der Waals surface area contributed by atoms with Gasteiger partial charge in [-0.1, -0.05) is 0 Å². The van der Waals surface area contributed by atoms with Crippen molar-refractivity contribution in [1.82, 2.24) is 5.32 Å². The van der Waals surface area contributed by atoms with E-state index in [1.165, 1.54) is 0 Å². The number of aliphatic imine (C=N–C) groups is 1. The van der Waals surface area contributed by atoms with Crippen molar-refractivity contribution in [2.75, 3.05) is 6.54 Å². The predicted molar refractivity (Wildman–Crippen MR) is 35.4 cm³/mol. The van der Waals surface area contributed by atoms with Crippen LogP contribution in [0, 0.1) is 11.3 Å². The van der Waals surface area contributed by atoms with Gasteiger partial charge in [-0.05, 0) is 6.92 Å². The molecule has 1 N–H and O–H groups in total. The molecule has 2 unspecified atom stereocenters. The molecule has 0 fully saturated rings. The van der Waals surface area contributed by atoms with Crippen LogP contribution in [-0.4, -0.2) is 24.8 Å². The van der Waals surface area contributed by atoms with Crippen molar-refractivity contribution < 1.29 is 0 Å². The lowest BCUT2D eigenvalue weighted by atomic mass is 10.2. The maximum absolute atomic E-state index is 8.37. The molecular weight excluding hydrogens is 114 g/mol. The van der Waals surface area contributed by atoms with E-state index in [0.29, 0.717) is 12.6 Å². The van der Waals surface area contributed by atoms with Gasteiger partial charge in [0.2, 0.25) is 0 Å². The molecule has 1 aliphatic rings. The van der Waals surface area contributed by atoms with Crippen molar-refractivity contribution in [1.29, 1.82) is 5.26 Å². The zero-order chi connectivity index (χ0) is 6.69. The fourth-order valence-electron chi connectivity index (χ4n) is 0.715. The van der Waals surface area contributed by atoms with Gasteiger partial charge in [0.05, 0.1) is 6.07 Å². The minimum absolute atomic E-state index is 0.166. The summed E-state index contributed by atoms with van der Waals surface area (Å²) in [7, 11) is 0. The molecule has 0 aromatic rings. The Morgan fingerprint density at radius 3 is 3.11 bits per heavy atom. The zero-order valence-corrected chi connectivity index (χ0v) is 5.33. The molecule has 0 saturated carbocycles. The lowest BCUT2D eigenvalue weighted by Crippen LogP contribution is -2.38. The van der Waals surface area contributed by atoms with Crippen molar-refractivity contribution in [3.63, 3.8) is 0 Å². The van der Waals surface area contributed by atoms with Crippen LogP contribution in [0.4, 0.5) is 0 Å². The fraction of sp³-hybridized carbons (Fsp3) is 0.667. The zero-order valence-electron chi connectivity index (χ0n) is 5.33. The van der Waals surface area contributed by atoms with Gasteiger partial charge < -0.3 is 5.32 Å². The second kappa shape index (κ2) is 2.60. The molecule has 0 saturated heterocycles. The molecule has 0 bridgehead atoms. The number of hydrogen-bond acceptors (Lipinski definition) is 3. The normalized spacial score (nSPS) is 33.8. The summed E-state index contributed by atoms with van der Waals surface area (Å²) in [6.45, 7) is 2.70. The van der Waals surface area contributed by atoms with E-state index < -0.39 is 0 Å². The molecule has 1 aliphatic heterocycles. The molecule has 48 valence electrons. The Labute approximate surface area is 54.4 Å². The van der Waals surface area contributed by atoms with Crippen molar-refractivity contribution in [3.05, 3.63) is 0 Å². The average Bonchev–Trinajstić information content (AvgIpc) is 1.90. The van der Waals surface area contributed by atoms with Crippen LogP contribution in [-0.2, 0) is 0 Å². The smallest absolute Gasteiger partial charge is 0.148 e. The molecule has 9 heavy (non-hydrogen) atoms. The highest BCUT2D eigenvalue weighted by atomic mass is 15.0. The summed E-state index contributed by atoms with van der Waals surface area (Å²) in [6, 6.07) is 2.23. The first-order chi connectivity index (χ1) is 4.33. The van der Waals surface area contributed by atoms with E-state index in [4.69, 9.17) is 5.26 Å². The molecule has 1 rings (SSSR count). The lowest BCUT2D eigenvalue weighted by Gasteiger charge is -2.15. The molecule has 0 spiro atoms. The van der Waals surface area contributed by atoms with E-state index in [2.05, 4.69) is 16.4 Å². The Morgan fingerprint density at radius 2 is 2.67 bits per heavy atom. The quantitative estimate of drug-likeness (QED) is 0.490. The summed E-state index contributed by atoms with van der Waals surface area (Å²) in [5.74, 6) is 0. The van der Waals surface area contributed by atoms with Gasteiger partial charge in [0.25, 0.3) is 0 Å². The first-order valence-electron chi connectivity index (χ1n) is 2.99. The lowest BCUT2D eigenvalue weighted by molar-refractivity contribution is 0.599.